The minimum absolute atomic E-state index is 0.0630. The number of hydrogen-bond acceptors (Lipinski definition) is 4. The molecule has 1 atom stereocenters. The first-order valence-electron chi connectivity index (χ1n) is 10.0. The Kier molecular flexibility index (Phi) is 5.05. The number of carbonyl (C=O) groups is 1. The van der Waals surface area contributed by atoms with E-state index in [0.29, 0.717) is 24.5 Å². The lowest BCUT2D eigenvalue weighted by Crippen LogP contribution is -2.38. The van der Waals surface area contributed by atoms with E-state index in [0.717, 1.165) is 6.42 Å². The van der Waals surface area contributed by atoms with E-state index in [1.807, 2.05) is 26.8 Å². The summed E-state index contributed by atoms with van der Waals surface area (Å²) in [6.45, 7) is 5.94. The maximum Gasteiger partial charge on any atom is 0.410 e. The molecule has 1 saturated heterocycles. The number of benzene rings is 2. The summed E-state index contributed by atoms with van der Waals surface area (Å²) >= 11 is 0. The molecule has 0 saturated carbocycles. The molecular formula is C23H24FN3O3. The van der Waals surface area contributed by atoms with Gasteiger partial charge in [0.15, 0.2) is 0 Å². The molecule has 2 heterocycles. The predicted molar refractivity (Wildman–Crippen MR) is 112 cm³/mol. The highest BCUT2D eigenvalue weighted by Crippen LogP contribution is 2.33. The lowest BCUT2D eigenvalue weighted by Gasteiger charge is -2.29. The van der Waals surface area contributed by atoms with Crippen LogP contribution in [0.1, 0.15) is 45.5 Å². The summed E-state index contributed by atoms with van der Waals surface area (Å²) in [5, 5.41) is -0.0630. The van der Waals surface area contributed by atoms with E-state index in [2.05, 4.69) is 4.98 Å². The van der Waals surface area contributed by atoms with Gasteiger partial charge in [-0.05, 0) is 57.9 Å². The first-order chi connectivity index (χ1) is 14.3. The van der Waals surface area contributed by atoms with Gasteiger partial charge in [0.25, 0.3) is 5.56 Å². The molecular weight excluding hydrogens is 385 g/mol. The lowest BCUT2D eigenvalue weighted by atomic mass is 10.1. The van der Waals surface area contributed by atoms with E-state index in [4.69, 9.17) is 4.74 Å². The van der Waals surface area contributed by atoms with Crippen LogP contribution in [0.5, 0.6) is 0 Å². The minimum atomic E-state index is -0.636. The summed E-state index contributed by atoms with van der Waals surface area (Å²) in [6, 6.07) is 12.9. The molecule has 1 aliphatic rings. The van der Waals surface area contributed by atoms with Gasteiger partial charge >= 0.3 is 6.09 Å². The van der Waals surface area contributed by atoms with Crippen molar-refractivity contribution in [2.75, 3.05) is 6.54 Å². The van der Waals surface area contributed by atoms with Crippen molar-refractivity contribution in [2.45, 2.75) is 45.3 Å². The van der Waals surface area contributed by atoms with Gasteiger partial charge in [-0.2, -0.15) is 0 Å². The van der Waals surface area contributed by atoms with Gasteiger partial charge in [0.2, 0.25) is 0 Å². The van der Waals surface area contributed by atoms with Crippen molar-refractivity contribution in [3.63, 3.8) is 0 Å². The molecule has 0 spiro atoms. The van der Waals surface area contributed by atoms with Crippen molar-refractivity contribution in [3.05, 3.63) is 70.5 Å². The van der Waals surface area contributed by atoms with Gasteiger partial charge in [0.1, 0.15) is 22.6 Å². The SMILES string of the molecule is CC(C)(C)OC(=O)N1CCC[C@H]1c1nc2cccc(F)c2c(=O)n1-c1ccccc1. The Hall–Kier alpha value is -3.22. The molecule has 156 valence electrons. The predicted octanol–water partition coefficient (Wildman–Crippen LogP) is 4.60. The molecule has 3 aromatic rings. The summed E-state index contributed by atoms with van der Waals surface area (Å²) in [6.07, 6.45) is 0.952. The standard InChI is InChI=1S/C23H24FN3O3/c1-23(2,3)30-22(29)26-14-8-13-18(26)20-25-17-12-7-11-16(24)19(17)21(28)27(20)15-9-5-4-6-10-15/h4-7,9-12,18H,8,13-14H2,1-3H3/t18-/m0/s1. The van der Waals surface area contributed by atoms with E-state index in [1.165, 1.54) is 16.7 Å². The first-order valence-corrected chi connectivity index (χ1v) is 10.0. The van der Waals surface area contributed by atoms with Crippen LogP contribution in [0.2, 0.25) is 0 Å². The number of amides is 1. The van der Waals surface area contributed by atoms with Crippen LogP contribution in [0.25, 0.3) is 16.6 Å². The number of likely N-dealkylation sites (tertiary alicyclic amines) is 1. The molecule has 1 amide bonds. The van der Waals surface area contributed by atoms with Crippen molar-refractivity contribution < 1.29 is 13.9 Å². The molecule has 0 aliphatic carbocycles. The number of carbonyl (C=O) groups excluding carboxylic acids is 1. The third-order valence-electron chi connectivity index (χ3n) is 5.07. The first kappa shape index (κ1) is 20.1. The fourth-order valence-electron chi connectivity index (χ4n) is 3.83. The van der Waals surface area contributed by atoms with E-state index < -0.39 is 29.1 Å². The average molecular weight is 409 g/mol. The van der Waals surface area contributed by atoms with Crippen LogP contribution in [0, 0.1) is 5.82 Å². The Morgan fingerprint density at radius 1 is 1.13 bits per heavy atom. The van der Waals surface area contributed by atoms with Crippen molar-refractivity contribution in [3.8, 4) is 5.69 Å². The summed E-state index contributed by atoms with van der Waals surface area (Å²) in [5.41, 5.74) is -0.275. The van der Waals surface area contributed by atoms with E-state index >= 15 is 0 Å². The summed E-state index contributed by atoms with van der Waals surface area (Å²) in [4.78, 5) is 32.5. The maximum absolute atomic E-state index is 14.5. The summed E-state index contributed by atoms with van der Waals surface area (Å²) in [7, 11) is 0. The summed E-state index contributed by atoms with van der Waals surface area (Å²) < 4.78 is 21.5. The van der Waals surface area contributed by atoms with Gasteiger partial charge in [0, 0.05) is 6.54 Å². The molecule has 0 bridgehead atoms. The van der Waals surface area contributed by atoms with Crippen LogP contribution in [-0.4, -0.2) is 32.7 Å². The highest BCUT2D eigenvalue weighted by atomic mass is 19.1. The van der Waals surface area contributed by atoms with Gasteiger partial charge in [-0.15, -0.1) is 0 Å². The highest BCUT2D eigenvalue weighted by Gasteiger charge is 2.36. The number of hydrogen-bond donors (Lipinski definition) is 0. The Bertz CT molecular complexity index is 1150. The number of aromatic nitrogens is 2. The van der Waals surface area contributed by atoms with Crippen LogP contribution < -0.4 is 5.56 Å². The molecule has 6 nitrogen and oxygen atoms in total. The molecule has 7 heteroatoms. The molecule has 0 unspecified atom stereocenters. The minimum Gasteiger partial charge on any atom is -0.444 e. The van der Waals surface area contributed by atoms with Crippen LogP contribution >= 0.6 is 0 Å². The van der Waals surface area contributed by atoms with Gasteiger partial charge < -0.3 is 4.74 Å². The molecule has 30 heavy (non-hydrogen) atoms. The molecule has 1 aromatic heterocycles. The Labute approximate surface area is 173 Å². The molecule has 1 fully saturated rings. The zero-order valence-corrected chi connectivity index (χ0v) is 17.3. The van der Waals surface area contributed by atoms with Gasteiger partial charge in [-0.3, -0.25) is 14.3 Å². The number of rotatable bonds is 2. The second-order valence-electron chi connectivity index (χ2n) is 8.41. The van der Waals surface area contributed by atoms with Crippen molar-refractivity contribution in [1.82, 2.24) is 14.5 Å². The van der Waals surface area contributed by atoms with Crippen molar-refractivity contribution in [1.29, 1.82) is 0 Å². The zero-order chi connectivity index (χ0) is 21.5. The molecule has 1 aliphatic heterocycles. The molecule has 0 N–H and O–H groups in total. The largest absolute Gasteiger partial charge is 0.444 e. The van der Waals surface area contributed by atoms with E-state index in [1.54, 1.807) is 35.2 Å². The van der Waals surface area contributed by atoms with E-state index in [-0.39, 0.29) is 10.9 Å². The number of fused-ring (bicyclic) bond motifs is 1. The van der Waals surface area contributed by atoms with Gasteiger partial charge in [-0.25, -0.2) is 14.2 Å². The maximum atomic E-state index is 14.5. The fourth-order valence-corrected chi connectivity index (χ4v) is 3.83. The number of para-hydroxylation sites is 1. The third kappa shape index (κ3) is 3.67. The second kappa shape index (κ2) is 7.55. The Balaban J connectivity index is 1.92. The highest BCUT2D eigenvalue weighted by molar-refractivity contribution is 5.79. The van der Waals surface area contributed by atoms with Crippen LogP contribution in [0.4, 0.5) is 9.18 Å². The second-order valence-corrected chi connectivity index (χ2v) is 8.41. The lowest BCUT2D eigenvalue weighted by molar-refractivity contribution is 0.0216. The van der Waals surface area contributed by atoms with Crippen LogP contribution in [0.3, 0.4) is 0 Å². The quantitative estimate of drug-likeness (QED) is 0.621. The van der Waals surface area contributed by atoms with Gasteiger partial charge in [0.05, 0.1) is 17.2 Å². The Morgan fingerprint density at radius 2 is 1.87 bits per heavy atom. The number of nitrogens with zero attached hydrogens (tertiary/aromatic N) is 3. The molecule has 4 rings (SSSR count). The zero-order valence-electron chi connectivity index (χ0n) is 17.3. The monoisotopic (exact) mass is 409 g/mol. The molecule has 2 aromatic carbocycles. The summed E-state index contributed by atoms with van der Waals surface area (Å²) in [5.74, 6) is -0.204. The number of ether oxygens (including phenoxy) is 1. The fraction of sp³-hybridized carbons (Fsp3) is 0.348. The molecule has 0 radical (unpaired) electrons. The average Bonchev–Trinajstić information content (AvgIpc) is 3.17. The Morgan fingerprint density at radius 3 is 2.57 bits per heavy atom. The van der Waals surface area contributed by atoms with Gasteiger partial charge in [-0.1, -0.05) is 24.3 Å². The third-order valence-corrected chi connectivity index (χ3v) is 5.07. The van der Waals surface area contributed by atoms with Crippen LogP contribution in [0.15, 0.2) is 53.3 Å². The topological polar surface area (TPSA) is 64.4 Å². The normalized spacial score (nSPS) is 16.8. The smallest absolute Gasteiger partial charge is 0.410 e. The van der Waals surface area contributed by atoms with Crippen LogP contribution in [-0.2, 0) is 4.74 Å². The van der Waals surface area contributed by atoms with E-state index in [9.17, 15) is 14.0 Å². The number of halogens is 1. The van der Waals surface area contributed by atoms with Crippen molar-refractivity contribution in [2.24, 2.45) is 0 Å². The van der Waals surface area contributed by atoms with Crippen molar-refractivity contribution >= 4 is 17.0 Å².